The van der Waals surface area contributed by atoms with Crippen LogP contribution in [-0.2, 0) is 0 Å². The number of nitrogens with two attached hydrogens (primary N) is 1. The average Bonchev–Trinajstić information content (AvgIpc) is 2.08. The Labute approximate surface area is 106 Å². The molecule has 3 heteroatoms. The van der Waals surface area contributed by atoms with E-state index in [9.17, 15) is 0 Å². The maximum Gasteiger partial charge on any atom is 0.105 e. The molecule has 0 aromatic heterocycles. The Morgan fingerprint density at radius 1 is 1.19 bits per heavy atom. The molecule has 0 radical (unpaired) electrons. The number of aliphatic imine (C=N–C) groups is 1. The van der Waals surface area contributed by atoms with Crippen molar-refractivity contribution in [3.05, 3.63) is 27.7 Å². The van der Waals surface area contributed by atoms with Crippen molar-refractivity contribution in [2.75, 3.05) is 0 Å². The highest BCUT2D eigenvalue weighted by atomic mass is 79.9. The average molecular weight is 283 g/mol. The number of hydrogen-bond acceptors (Lipinski definition) is 1. The molecule has 1 aromatic rings. The standard InChI is InChI=1S/C13H19BrN2/c1-8-6-10(14)7-9(2)11(8)16-12(15)13(3,4)5/h6-7H,1-5H3,(H2,15,16). The predicted molar refractivity (Wildman–Crippen MR) is 74.4 cm³/mol. The van der Waals surface area contributed by atoms with E-state index in [1.807, 2.05) is 13.8 Å². The first-order valence-corrected chi connectivity index (χ1v) is 6.12. The van der Waals surface area contributed by atoms with E-state index >= 15 is 0 Å². The molecule has 0 aliphatic rings. The molecule has 0 aliphatic heterocycles. The molecule has 0 aliphatic carbocycles. The van der Waals surface area contributed by atoms with Crippen molar-refractivity contribution in [1.29, 1.82) is 0 Å². The van der Waals surface area contributed by atoms with Gasteiger partial charge in [-0.15, -0.1) is 0 Å². The van der Waals surface area contributed by atoms with Crippen molar-refractivity contribution in [2.45, 2.75) is 34.6 Å². The Balaban J connectivity index is 3.26. The van der Waals surface area contributed by atoms with Gasteiger partial charge in [0.25, 0.3) is 0 Å². The number of halogens is 1. The largest absolute Gasteiger partial charge is 0.387 e. The van der Waals surface area contributed by atoms with Crippen LogP contribution < -0.4 is 5.73 Å². The molecule has 2 N–H and O–H groups in total. The van der Waals surface area contributed by atoms with Crippen LogP contribution in [0.5, 0.6) is 0 Å². The molecule has 0 atom stereocenters. The Kier molecular flexibility index (Phi) is 3.79. The maximum atomic E-state index is 6.00. The van der Waals surface area contributed by atoms with Crippen molar-refractivity contribution in [3.8, 4) is 0 Å². The van der Waals surface area contributed by atoms with Crippen LogP contribution in [0.2, 0.25) is 0 Å². The molecule has 0 spiro atoms. The minimum absolute atomic E-state index is 0.0913. The van der Waals surface area contributed by atoms with Gasteiger partial charge >= 0.3 is 0 Å². The SMILES string of the molecule is Cc1cc(Br)cc(C)c1N=C(N)C(C)(C)C. The molecule has 0 heterocycles. The molecule has 0 saturated heterocycles. The molecule has 0 amide bonds. The molecular formula is C13H19BrN2. The quantitative estimate of drug-likeness (QED) is 0.611. The number of amidine groups is 1. The van der Waals surface area contributed by atoms with Crippen LogP contribution in [0.15, 0.2) is 21.6 Å². The number of aryl methyl sites for hydroxylation is 2. The minimum Gasteiger partial charge on any atom is -0.387 e. The molecule has 0 fully saturated rings. The fraction of sp³-hybridized carbons (Fsp3) is 0.462. The fourth-order valence-corrected chi connectivity index (χ4v) is 2.05. The summed E-state index contributed by atoms with van der Waals surface area (Å²) in [5.74, 6) is 0.668. The van der Waals surface area contributed by atoms with Crippen LogP contribution in [0.1, 0.15) is 31.9 Å². The van der Waals surface area contributed by atoms with Crippen molar-refractivity contribution in [3.63, 3.8) is 0 Å². The van der Waals surface area contributed by atoms with Gasteiger partial charge in [-0.25, -0.2) is 4.99 Å². The second kappa shape index (κ2) is 4.58. The van der Waals surface area contributed by atoms with E-state index in [1.165, 1.54) is 0 Å². The first kappa shape index (κ1) is 13.2. The van der Waals surface area contributed by atoms with Gasteiger partial charge in [0.05, 0.1) is 5.69 Å². The zero-order valence-electron chi connectivity index (χ0n) is 10.6. The highest BCUT2D eigenvalue weighted by Gasteiger charge is 2.16. The number of rotatable bonds is 1. The predicted octanol–water partition coefficient (Wildman–Crippen LogP) is 4.10. The maximum absolute atomic E-state index is 6.00. The second-order valence-corrected chi connectivity index (χ2v) is 6.05. The molecule has 16 heavy (non-hydrogen) atoms. The van der Waals surface area contributed by atoms with Crippen molar-refractivity contribution >= 4 is 27.5 Å². The molecule has 0 saturated carbocycles. The smallest absolute Gasteiger partial charge is 0.105 e. The summed E-state index contributed by atoms with van der Waals surface area (Å²) in [6.07, 6.45) is 0. The zero-order chi connectivity index (χ0) is 12.5. The van der Waals surface area contributed by atoms with E-state index in [4.69, 9.17) is 5.73 Å². The molecule has 1 rings (SSSR count). The van der Waals surface area contributed by atoms with Gasteiger partial charge in [-0.3, -0.25) is 0 Å². The van der Waals surface area contributed by atoms with Gasteiger partial charge in [0.2, 0.25) is 0 Å². The molecule has 1 aromatic carbocycles. The normalized spacial score (nSPS) is 13.0. The topological polar surface area (TPSA) is 38.4 Å². The van der Waals surface area contributed by atoms with E-state index < -0.39 is 0 Å². The van der Waals surface area contributed by atoms with Gasteiger partial charge in [0.15, 0.2) is 0 Å². The van der Waals surface area contributed by atoms with Gasteiger partial charge in [-0.05, 0) is 37.1 Å². The monoisotopic (exact) mass is 282 g/mol. The lowest BCUT2D eigenvalue weighted by molar-refractivity contribution is 0.585. The molecule has 88 valence electrons. The fourth-order valence-electron chi connectivity index (χ4n) is 1.37. The van der Waals surface area contributed by atoms with Crippen molar-refractivity contribution in [1.82, 2.24) is 0 Å². The Bertz CT molecular complexity index is 405. The van der Waals surface area contributed by atoms with E-state index in [2.05, 4.69) is 53.8 Å². The van der Waals surface area contributed by atoms with E-state index in [1.54, 1.807) is 0 Å². The lowest BCUT2D eigenvalue weighted by atomic mass is 9.95. The van der Waals surface area contributed by atoms with Crippen LogP contribution in [0.25, 0.3) is 0 Å². The number of benzene rings is 1. The zero-order valence-corrected chi connectivity index (χ0v) is 12.1. The van der Waals surface area contributed by atoms with Crippen LogP contribution >= 0.6 is 15.9 Å². The summed E-state index contributed by atoms with van der Waals surface area (Å²) in [4.78, 5) is 4.54. The summed E-state index contributed by atoms with van der Waals surface area (Å²) < 4.78 is 1.08. The van der Waals surface area contributed by atoms with E-state index in [0.717, 1.165) is 21.3 Å². The van der Waals surface area contributed by atoms with Crippen LogP contribution in [0, 0.1) is 19.3 Å². The van der Waals surface area contributed by atoms with Gasteiger partial charge in [0.1, 0.15) is 5.84 Å². The molecule has 0 unspecified atom stereocenters. The summed E-state index contributed by atoms with van der Waals surface area (Å²) >= 11 is 3.47. The first-order valence-electron chi connectivity index (χ1n) is 5.33. The Morgan fingerprint density at radius 2 is 1.62 bits per heavy atom. The van der Waals surface area contributed by atoms with Crippen molar-refractivity contribution in [2.24, 2.45) is 16.1 Å². The third-order valence-corrected chi connectivity index (χ3v) is 2.91. The first-order chi connectivity index (χ1) is 7.21. The molecular weight excluding hydrogens is 264 g/mol. The van der Waals surface area contributed by atoms with Gasteiger partial charge in [-0.1, -0.05) is 36.7 Å². The third-order valence-electron chi connectivity index (χ3n) is 2.46. The van der Waals surface area contributed by atoms with Crippen LogP contribution in [0.3, 0.4) is 0 Å². The summed E-state index contributed by atoms with van der Waals surface area (Å²) in [7, 11) is 0. The Morgan fingerprint density at radius 3 is 2.00 bits per heavy atom. The van der Waals surface area contributed by atoms with Crippen LogP contribution in [0.4, 0.5) is 5.69 Å². The minimum atomic E-state index is -0.0913. The molecule has 0 bridgehead atoms. The lowest BCUT2D eigenvalue weighted by Crippen LogP contribution is -2.28. The highest BCUT2D eigenvalue weighted by Crippen LogP contribution is 2.29. The number of nitrogens with zero attached hydrogens (tertiary/aromatic N) is 1. The third kappa shape index (κ3) is 3.08. The molecule has 2 nitrogen and oxygen atoms in total. The summed E-state index contributed by atoms with van der Waals surface area (Å²) in [6.45, 7) is 10.3. The number of hydrogen-bond donors (Lipinski definition) is 1. The van der Waals surface area contributed by atoms with Crippen LogP contribution in [-0.4, -0.2) is 5.84 Å². The lowest BCUT2D eigenvalue weighted by Gasteiger charge is -2.18. The summed E-state index contributed by atoms with van der Waals surface area (Å²) in [6, 6.07) is 4.11. The van der Waals surface area contributed by atoms with E-state index in [-0.39, 0.29) is 5.41 Å². The van der Waals surface area contributed by atoms with Gasteiger partial charge in [-0.2, -0.15) is 0 Å². The van der Waals surface area contributed by atoms with E-state index in [0.29, 0.717) is 5.84 Å². The van der Waals surface area contributed by atoms with Crippen molar-refractivity contribution < 1.29 is 0 Å². The Hall–Kier alpha value is -0.830. The summed E-state index contributed by atoms with van der Waals surface area (Å²) in [5.41, 5.74) is 9.16. The highest BCUT2D eigenvalue weighted by molar-refractivity contribution is 9.10. The van der Waals surface area contributed by atoms with Gasteiger partial charge in [0, 0.05) is 9.89 Å². The second-order valence-electron chi connectivity index (χ2n) is 5.14. The summed E-state index contributed by atoms with van der Waals surface area (Å²) in [5, 5.41) is 0. The van der Waals surface area contributed by atoms with Gasteiger partial charge < -0.3 is 5.73 Å².